The summed E-state index contributed by atoms with van der Waals surface area (Å²) in [7, 11) is 1.57. The molecule has 2 rings (SSSR count). The predicted octanol–water partition coefficient (Wildman–Crippen LogP) is 3.14. The topological polar surface area (TPSA) is 61.9 Å². The monoisotopic (exact) mass is 375 g/mol. The number of methoxy groups -OCH3 is 1. The molecular weight excluding hydrogens is 342 g/mol. The van der Waals surface area contributed by atoms with Gasteiger partial charge in [0.1, 0.15) is 5.75 Å². The van der Waals surface area contributed by atoms with Gasteiger partial charge in [-0.1, -0.05) is 38.3 Å². The maximum absolute atomic E-state index is 12.8. The zero-order chi connectivity index (χ0) is 19.5. The molecule has 1 fully saturated rings. The summed E-state index contributed by atoms with van der Waals surface area (Å²) in [5.41, 5.74) is 0.623. The highest BCUT2D eigenvalue weighted by molar-refractivity contribution is 5.95. The highest BCUT2D eigenvalue weighted by atomic mass is 16.5. The Morgan fingerprint density at radius 1 is 1.11 bits per heavy atom. The van der Waals surface area contributed by atoms with Gasteiger partial charge in [0.25, 0.3) is 0 Å². The number of amides is 2. The average molecular weight is 376 g/mol. The van der Waals surface area contributed by atoms with E-state index >= 15 is 0 Å². The molecule has 1 aromatic carbocycles. The molecule has 0 aliphatic carbocycles. The molecule has 0 saturated carbocycles. The van der Waals surface area contributed by atoms with E-state index in [0.29, 0.717) is 24.5 Å². The average Bonchev–Trinajstić information content (AvgIpc) is 2.63. The van der Waals surface area contributed by atoms with Gasteiger partial charge in [-0.25, -0.2) is 0 Å². The van der Waals surface area contributed by atoms with Crippen molar-refractivity contribution in [2.75, 3.05) is 45.2 Å². The summed E-state index contributed by atoms with van der Waals surface area (Å²) in [6.07, 6.45) is 6.90. The van der Waals surface area contributed by atoms with Crippen molar-refractivity contribution in [3.63, 3.8) is 0 Å². The molecule has 1 N–H and O–H groups in total. The molecule has 1 aromatic rings. The van der Waals surface area contributed by atoms with Gasteiger partial charge in [0.2, 0.25) is 11.8 Å². The van der Waals surface area contributed by atoms with Crippen LogP contribution >= 0.6 is 0 Å². The number of nitrogens with zero attached hydrogens (tertiary/aromatic N) is 2. The van der Waals surface area contributed by atoms with Gasteiger partial charge in [0.15, 0.2) is 0 Å². The molecule has 1 heterocycles. The molecule has 27 heavy (non-hydrogen) atoms. The molecule has 0 unspecified atom stereocenters. The Labute approximate surface area is 162 Å². The molecule has 1 saturated heterocycles. The van der Waals surface area contributed by atoms with Gasteiger partial charge >= 0.3 is 0 Å². The lowest BCUT2D eigenvalue weighted by Crippen LogP contribution is -2.44. The fourth-order valence-electron chi connectivity index (χ4n) is 3.44. The third-order valence-electron chi connectivity index (χ3n) is 4.87. The molecule has 0 aromatic heterocycles. The number of carbonyl (C=O) groups excluding carboxylic acids is 2. The first-order valence-corrected chi connectivity index (χ1v) is 10.1. The maximum Gasteiger partial charge on any atom is 0.244 e. The van der Waals surface area contributed by atoms with E-state index in [9.17, 15) is 9.59 Å². The van der Waals surface area contributed by atoms with Crippen LogP contribution in [-0.4, -0.2) is 61.4 Å². The second-order valence-corrected chi connectivity index (χ2v) is 7.11. The number of rotatable bonds is 8. The van der Waals surface area contributed by atoms with Gasteiger partial charge in [-0.15, -0.1) is 0 Å². The molecule has 1 aliphatic heterocycles. The second kappa shape index (κ2) is 11.6. The van der Waals surface area contributed by atoms with Crippen molar-refractivity contribution in [1.29, 1.82) is 0 Å². The van der Waals surface area contributed by atoms with Crippen LogP contribution in [0.2, 0.25) is 0 Å². The predicted molar refractivity (Wildman–Crippen MR) is 108 cm³/mol. The number of anilines is 1. The summed E-state index contributed by atoms with van der Waals surface area (Å²) in [5, 5.41) is 2.86. The molecule has 0 radical (unpaired) electrons. The molecule has 0 spiro atoms. The van der Waals surface area contributed by atoms with E-state index in [4.69, 9.17) is 4.74 Å². The summed E-state index contributed by atoms with van der Waals surface area (Å²) in [6, 6.07) is 7.29. The molecule has 0 bridgehead atoms. The van der Waals surface area contributed by atoms with E-state index < -0.39 is 0 Å². The van der Waals surface area contributed by atoms with Gasteiger partial charge in [0, 0.05) is 6.54 Å². The van der Waals surface area contributed by atoms with Gasteiger partial charge in [0.05, 0.1) is 25.9 Å². The molecule has 2 amide bonds. The van der Waals surface area contributed by atoms with Crippen molar-refractivity contribution in [2.24, 2.45) is 0 Å². The standard InChI is InChI=1S/C21H33N3O3/c1-3-13-24(21(26)17-23-14-9-5-4-6-10-15-23)16-20(25)22-18-11-7-8-12-19(18)27-2/h7-8,11-12H,3-6,9-10,13-17H2,1-2H3,(H,22,25). The Kier molecular flexibility index (Phi) is 9.11. The molecule has 6 heteroatoms. The Balaban J connectivity index is 1.92. The minimum Gasteiger partial charge on any atom is -0.495 e. The van der Waals surface area contributed by atoms with E-state index in [0.717, 1.165) is 32.4 Å². The number of nitrogens with one attached hydrogen (secondary N) is 1. The second-order valence-electron chi connectivity index (χ2n) is 7.11. The number of para-hydroxylation sites is 2. The van der Waals surface area contributed by atoms with Crippen LogP contribution in [0, 0.1) is 0 Å². The highest BCUT2D eigenvalue weighted by Gasteiger charge is 2.20. The van der Waals surface area contributed by atoms with Crippen LogP contribution in [0.4, 0.5) is 5.69 Å². The van der Waals surface area contributed by atoms with Crippen molar-refractivity contribution in [2.45, 2.75) is 45.4 Å². The van der Waals surface area contributed by atoms with Gasteiger partial charge in [-0.2, -0.15) is 0 Å². The molecule has 1 aliphatic rings. The Hall–Kier alpha value is -2.08. The molecule has 150 valence electrons. The fraction of sp³-hybridized carbons (Fsp3) is 0.619. The summed E-state index contributed by atoms with van der Waals surface area (Å²) in [5.74, 6) is 0.446. The van der Waals surface area contributed by atoms with Crippen LogP contribution in [-0.2, 0) is 9.59 Å². The molecule has 6 nitrogen and oxygen atoms in total. The summed E-state index contributed by atoms with van der Waals surface area (Å²) >= 11 is 0. The maximum atomic E-state index is 12.8. The van der Waals surface area contributed by atoms with Crippen molar-refractivity contribution < 1.29 is 14.3 Å². The number of benzene rings is 1. The van der Waals surface area contributed by atoms with Crippen LogP contribution in [0.3, 0.4) is 0 Å². The van der Waals surface area contributed by atoms with Crippen LogP contribution in [0.15, 0.2) is 24.3 Å². The van der Waals surface area contributed by atoms with Crippen LogP contribution in [0.1, 0.15) is 45.4 Å². The summed E-state index contributed by atoms with van der Waals surface area (Å²) in [4.78, 5) is 29.2. The number of carbonyl (C=O) groups is 2. The zero-order valence-corrected chi connectivity index (χ0v) is 16.7. The quantitative estimate of drug-likeness (QED) is 0.758. The lowest BCUT2D eigenvalue weighted by molar-refractivity contribution is -0.135. The summed E-state index contributed by atoms with van der Waals surface area (Å²) < 4.78 is 5.27. The van der Waals surface area contributed by atoms with Gasteiger partial charge in [-0.3, -0.25) is 14.5 Å². The van der Waals surface area contributed by atoms with Crippen LogP contribution in [0.5, 0.6) is 5.75 Å². The first kappa shape index (κ1) is 21.2. The molecular formula is C21H33N3O3. The van der Waals surface area contributed by atoms with Crippen molar-refractivity contribution in [3.8, 4) is 5.75 Å². The SMILES string of the molecule is CCCN(CC(=O)Nc1ccccc1OC)C(=O)CN1CCCCCCC1. The first-order valence-electron chi connectivity index (χ1n) is 10.1. The van der Waals surface area contributed by atoms with Crippen molar-refractivity contribution >= 4 is 17.5 Å². The van der Waals surface area contributed by atoms with Crippen LogP contribution < -0.4 is 10.1 Å². The fourth-order valence-corrected chi connectivity index (χ4v) is 3.44. The van der Waals surface area contributed by atoms with E-state index in [1.807, 2.05) is 19.1 Å². The number of hydrogen-bond acceptors (Lipinski definition) is 4. The smallest absolute Gasteiger partial charge is 0.244 e. The Morgan fingerprint density at radius 2 is 1.78 bits per heavy atom. The minimum absolute atomic E-state index is 0.0348. The van der Waals surface area contributed by atoms with E-state index in [1.165, 1.54) is 19.3 Å². The zero-order valence-electron chi connectivity index (χ0n) is 16.7. The Bertz CT molecular complexity index is 598. The third-order valence-corrected chi connectivity index (χ3v) is 4.87. The number of ether oxygens (including phenoxy) is 1. The Morgan fingerprint density at radius 3 is 2.44 bits per heavy atom. The van der Waals surface area contributed by atoms with Gasteiger partial charge in [-0.05, 0) is 44.5 Å². The normalized spacial score (nSPS) is 15.5. The lowest BCUT2D eigenvalue weighted by atomic mass is 10.1. The lowest BCUT2D eigenvalue weighted by Gasteiger charge is -2.28. The van der Waals surface area contributed by atoms with Crippen molar-refractivity contribution in [3.05, 3.63) is 24.3 Å². The third kappa shape index (κ3) is 7.21. The van der Waals surface area contributed by atoms with Crippen LogP contribution in [0.25, 0.3) is 0 Å². The minimum atomic E-state index is -0.200. The molecule has 0 atom stereocenters. The first-order chi connectivity index (χ1) is 13.1. The number of likely N-dealkylation sites (tertiary alicyclic amines) is 1. The summed E-state index contributed by atoms with van der Waals surface area (Å²) in [6.45, 7) is 5.03. The number of hydrogen-bond donors (Lipinski definition) is 1. The van der Waals surface area contributed by atoms with E-state index in [-0.39, 0.29) is 18.4 Å². The van der Waals surface area contributed by atoms with Crippen molar-refractivity contribution in [1.82, 2.24) is 9.80 Å². The van der Waals surface area contributed by atoms with Gasteiger partial charge < -0.3 is 15.0 Å². The largest absolute Gasteiger partial charge is 0.495 e. The highest BCUT2D eigenvalue weighted by Crippen LogP contribution is 2.22. The van der Waals surface area contributed by atoms with E-state index in [1.54, 1.807) is 24.1 Å². The van der Waals surface area contributed by atoms with E-state index in [2.05, 4.69) is 10.2 Å².